The van der Waals surface area contributed by atoms with Gasteiger partial charge in [0.1, 0.15) is 0 Å². The maximum atomic E-state index is 11.0. The van der Waals surface area contributed by atoms with E-state index in [9.17, 15) is 4.79 Å². The van der Waals surface area contributed by atoms with Gasteiger partial charge in [0, 0.05) is 6.54 Å². The first-order valence-corrected chi connectivity index (χ1v) is 4.44. The fraction of sp³-hybridized carbons (Fsp3) is 0.667. The summed E-state index contributed by atoms with van der Waals surface area (Å²) in [5.41, 5.74) is 0. The minimum absolute atomic E-state index is 0.0180. The summed E-state index contributed by atoms with van der Waals surface area (Å²) >= 11 is 0. The molecule has 0 radical (unpaired) electrons. The Balaban J connectivity index is 2.11. The molecule has 3 heteroatoms. The highest BCUT2D eigenvalue weighted by Crippen LogP contribution is 2.04. The number of allylic oxidation sites excluding steroid dienone is 1. The third-order valence-corrected chi connectivity index (χ3v) is 2.05. The summed E-state index contributed by atoms with van der Waals surface area (Å²) in [6.07, 6.45) is 4.49. The molecule has 1 atom stereocenters. The van der Waals surface area contributed by atoms with Crippen LogP contribution in [0.2, 0.25) is 0 Å². The molecule has 0 saturated carbocycles. The van der Waals surface area contributed by atoms with Gasteiger partial charge in [-0.1, -0.05) is 6.08 Å². The van der Waals surface area contributed by atoms with Crippen LogP contribution in [0, 0.1) is 5.92 Å². The van der Waals surface area contributed by atoms with Gasteiger partial charge >= 0.3 is 0 Å². The Labute approximate surface area is 73.2 Å². The van der Waals surface area contributed by atoms with Crippen LogP contribution in [-0.2, 0) is 4.79 Å². The summed E-state index contributed by atoms with van der Waals surface area (Å²) in [5.74, 6) is 0.642. The molecule has 1 aliphatic rings. The molecule has 1 aliphatic heterocycles. The van der Waals surface area contributed by atoms with Gasteiger partial charge in [-0.2, -0.15) is 0 Å². The summed E-state index contributed by atoms with van der Waals surface area (Å²) < 4.78 is 0. The van der Waals surface area contributed by atoms with Gasteiger partial charge in [-0.05, 0) is 38.4 Å². The van der Waals surface area contributed by atoms with E-state index in [0.29, 0.717) is 5.92 Å². The molecule has 0 aromatic carbocycles. The Hall–Kier alpha value is -0.830. The van der Waals surface area contributed by atoms with Crippen LogP contribution in [0.5, 0.6) is 0 Å². The first kappa shape index (κ1) is 9.26. The molecular weight excluding hydrogens is 152 g/mol. The summed E-state index contributed by atoms with van der Waals surface area (Å²) in [5, 5.41) is 6.12. The lowest BCUT2D eigenvalue weighted by Gasteiger charge is -2.07. The topological polar surface area (TPSA) is 41.1 Å². The van der Waals surface area contributed by atoms with E-state index in [-0.39, 0.29) is 5.91 Å². The van der Waals surface area contributed by atoms with Crippen LogP contribution in [0.25, 0.3) is 0 Å². The zero-order valence-electron chi connectivity index (χ0n) is 7.47. The van der Waals surface area contributed by atoms with Crippen molar-refractivity contribution in [1.29, 1.82) is 0 Å². The molecule has 1 fully saturated rings. The zero-order valence-corrected chi connectivity index (χ0v) is 7.47. The molecule has 0 aromatic rings. The van der Waals surface area contributed by atoms with Crippen molar-refractivity contribution in [2.75, 3.05) is 19.6 Å². The predicted molar refractivity (Wildman–Crippen MR) is 48.8 cm³/mol. The molecule has 0 spiro atoms. The lowest BCUT2D eigenvalue weighted by Crippen LogP contribution is -2.28. The monoisotopic (exact) mass is 168 g/mol. The SMILES string of the molecule is C/C=C/C(=O)NCC1CCNC1. The normalized spacial score (nSPS) is 23.2. The van der Waals surface area contributed by atoms with E-state index in [4.69, 9.17) is 0 Å². The summed E-state index contributed by atoms with van der Waals surface area (Å²) in [6, 6.07) is 0. The Kier molecular flexibility index (Phi) is 3.80. The highest BCUT2D eigenvalue weighted by Gasteiger charge is 2.13. The van der Waals surface area contributed by atoms with E-state index >= 15 is 0 Å². The van der Waals surface area contributed by atoms with E-state index in [1.807, 2.05) is 6.92 Å². The quantitative estimate of drug-likeness (QED) is 0.595. The fourth-order valence-corrected chi connectivity index (χ4v) is 1.34. The third kappa shape index (κ3) is 3.05. The lowest BCUT2D eigenvalue weighted by atomic mass is 10.1. The molecule has 1 saturated heterocycles. The second kappa shape index (κ2) is 4.93. The van der Waals surface area contributed by atoms with Gasteiger partial charge in [-0.15, -0.1) is 0 Å². The van der Waals surface area contributed by atoms with Crippen molar-refractivity contribution in [1.82, 2.24) is 10.6 Å². The molecule has 3 nitrogen and oxygen atoms in total. The van der Waals surface area contributed by atoms with Crippen molar-refractivity contribution in [3.63, 3.8) is 0 Å². The molecule has 68 valence electrons. The number of carbonyl (C=O) groups excluding carboxylic acids is 1. The lowest BCUT2D eigenvalue weighted by molar-refractivity contribution is -0.116. The highest BCUT2D eigenvalue weighted by molar-refractivity contribution is 5.87. The van der Waals surface area contributed by atoms with Gasteiger partial charge in [-0.25, -0.2) is 0 Å². The second-order valence-corrected chi connectivity index (χ2v) is 3.10. The minimum atomic E-state index is 0.0180. The number of hydrogen-bond acceptors (Lipinski definition) is 2. The van der Waals surface area contributed by atoms with Gasteiger partial charge in [0.05, 0.1) is 0 Å². The number of hydrogen-bond donors (Lipinski definition) is 2. The van der Waals surface area contributed by atoms with Crippen molar-refractivity contribution >= 4 is 5.91 Å². The maximum Gasteiger partial charge on any atom is 0.243 e. The number of nitrogens with one attached hydrogen (secondary N) is 2. The standard InChI is InChI=1S/C9H16N2O/c1-2-3-9(12)11-7-8-4-5-10-6-8/h2-3,8,10H,4-7H2,1H3,(H,11,12)/b3-2+. The summed E-state index contributed by atoms with van der Waals surface area (Å²) in [6.45, 7) is 4.77. The van der Waals surface area contributed by atoms with Crippen LogP contribution in [0.3, 0.4) is 0 Å². The first-order chi connectivity index (χ1) is 5.83. The second-order valence-electron chi connectivity index (χ2n) is 3.10. The van der Waals surface area contributed by atoms with Gasteiger partial charge in [-0.3, -0.25) is 4.79 Å². The fourth-order valence-electron chi connectivity index (χ4n) is 1.34. The predicted octanol–water partition coefficient (Wildman–Crippen LogP) is 0.288. The van der Waals surface area contributed by atoms with E-state index in [0.717, 1.165) is 19.6 Å². The molecular formula is C9H16N2O. The van der Waals surface area contributed by atoms with E-state index in [2.05, 4.69) is 10.6 Å². The average Bonchev–Trinajstić information content (AvgIpc) is 2.53. The molecule has 1 unspecified atom stereocenters. The molecule has 12 heavy (non-hydrogen) atoms. The molecule has 1 heterocycles. The zero-order chi connectivity index (χ0) is 8.81. The van der Waals surface area contributed by atoms with Gasteiger partial charge in [0.25, 0.3) is 0 Å². The third-order valence-electron chi connectivity index (χ3n) is 2.05. The molecule has 0 bridgehead atoms. The maximum absolute atomic E-state index is 11.0. The minimum Gasteiger partial charge on any atom is -0.352 e. The summed E-state index contributed by atoms with van der Waals surface area (Å²) in [4.78, 5) is 11.0. The van der Waals surface area contributed by atoms with Crippen molar-refractivity contribution in [2.45, 2.75) is 13.3 Å². The van der Waals surface area contributed by atoms with Crippen molar-refractivity contribution < 1.29 is 4.79 Å². The average molecular weight is 168 g/mol. The Morgan fingerprint density at radius 3 is 3.17 bits per heavy atom. The summed E-state index contributed by atoms with van der Waals surface area (Å²) in [7, 11) is 0. The molecule has 1 amide bonds. The van der Waals surface area contributed by atoms with Crippen LogP contribution in [0.1, 0.15) is 13.3 Å². The Morgan fingerprint density at radius 2 is 2.58 bits per heavy atom. The number of rotatable bonds is 3. The largest absolute Gasteiger partial charge is 0.352 e. The van der Waals surface area contributed by atoms with Gasteiger partial charge in [0.2, 0.25) is 5.91 Å². The van der Waals surface area contributed by atoms with Crippen molar-refractivity contribution in [3.8, 4) is 0 Å². The van der Waals surface area contributed by atoms with E-state index in [1.54, 1.807) is 12.2 Å². The van der Waals surface area contributed by atoms with Crippen LogP contribution < -0.4 is 10.6 Å². The van der Waals surface area contributed by atoms with Crippen LogP contribution in [-0.4, -0.2) is 25.5 Å². The molecule has 2 N–H and O–H groups in total. The van der Waals surface area contributed by atoms with E-state index < -0.39 is 0 Å². The van der Waals surface area contributed by atoms with Crippen LogP contribution >= 0.6 is 0 Å². The van der Waals surface area contributed by atoms with Crippen molar-refractivity contribution in [3.05, 3.63) is 12.2 Å². The first-order valence-electron chi connectivity index (χ1n) is 4.44. The van der Waals surface area contributed by atoms with Crippen molar-refractivity contribution in [2.24, 2.45) is 5.92 Å². The number of carbonyl (C=O) groups is 1. The molecule has 0 aromatic heterocycles. The molecule has 0 aliphatic carbocycles. The van der Waals surface area contributed by atoms with E-state index in [1.165, 1.54) is 6.42 Å². The van der Waals surface area contributed by atoms with Crippen LogP contribution in [0.4, 0.5) is 0 Å². The Morgan fingerprint density at radius 1 is 1.75 bits per heavy atom. The van der Waals surface area contributed by atoms with Crippen LogP contribution in [0.15, 0.2) is 12.2 Å². The van der Waals surface area contributed by atoms with Gasteiger partial charge in [0.15, 0.2) is 0 Å². The highest BCUT2D eigenvalue weighted by atomic mass is 16.1. The number of amides is 1. The van der Waals surface area contributed by atoms with Gasteiger partial charge < -0.3 is 10.6 Å². The smallest absolute Gasteiger partial charge is 0.243 e. The Bertz CT molecular complexity index is 171. The molecule has 1 rings (SSSR count).